The molecule has 2 fully saturated rings. The zero-order valence-electron chi connectivity index (χ0n) is 20.6. The van der Waals surface area contributed by atoms with E-state index in [1.165, 1.54) is 23.1 Å². The zero-order chi connectivity index (χ0) is 23.9. The number of hydrogen-bond acceptors (Lipinski definition) is 3. The van der Waals surface area contributed by atoms with Gasteiger partial charge in [0.2, 0.25) is 11.8 Å². The second-order valence-electron chi connectivity index (χ2n) is 9.99. The molecule has 3 atom stereocenters. The fourth-order valence-electron chi connectivity index (χ4n) is 5.56. The minimum atomic E-state index is -0.434. The van der Waals surface area contributed by atoms with Crippen LogP contribution in [-0.2, 0) is 16.0 Å². The van der Waals surface area contributed by atoms with Crippen molar-refractivity contribution in [1.29, 1.82) is 0 Å². The molecule has 182 valence electrons. The van der Waals surface area contributed by atoms with Gasteiger partial charge in [0.1, 0.15) is 6.04 Å². The molecular weight excluding hydrogens is 422 g/mol. The molecule has 0 spiro atoms. The Labute approximate surface area is 204 Å². The van der Waals surface area contributed by atoms with Crippen molar-refractivity contribution in [1.82, 2.24) is 15.5 Å². The first kappa shape index (κ1) is 24.5. The minimum absolute atomic E-state index is 0.0768. The van der Waals surface area contributed by atoms with Gasteiger partial charge in [-0.2, -0.15) is 0 Å². The second-order valence-corrected chi connectivity index (χ2v) is 9.99. The van der Waals surface area contributed by atoms with Gasteiger partial charge in [-0.05, 0) is 68.7 Å². The fourth-order valence-corrected chi connectivity index (χ4v) is 5.56. The van der Waals surface area contributed by atoms with Crippen LogP contribution in [0.5, 0.6) is 0 Å². The molecule has 1 heterocycles. The third-order valence-corrected chi connectivity index (χ3v) is 7.63. The molecule has 1 aliphatic heterocycles. The lowest BCUT2D eigenvalue weighted by Crippen LogP contribution is -2.55. The first-order chi connectivity index (χ1) is 16.6. The highest BCUT2D eigenvalue weighted by Crippen LogP contribution is 2.35. The van der Waals surface area contributed by atoms with Crippen molar-refractivity contribution in [2.75, 3.05) is 13.6 Å². The van der Waals surface area contributed by atoms with Gasteiger partial charge >= 0.3 is 0 Å². The summed E-state index contributed by atoms with van der Waals surface area (Å²) in [5.41, 5.74) is 3.76. The molecule has 1 aliphatic carbocycles. The van der Waals surface area contributed by atoms with E-state index in [4.69, 9.17) is 0 Å². The zero-order valence-corrected chi connectivity index (χ0v) is 20.6. The van der Waals surface area contributed by atoms with Crippen LogP contribution in [0.25, 0.3) is 0 Å². The maximum absolute atomic E-state index is 13.9. The number of amides is 2. The number of likely N-dealkylation sites (tertiary alicyclic amines) is 1. The molecule has 5 heteroatoms. The third-order valence-electron chi connectivity index (χ3n) is 7.63. The SMILES string of the molecule is CNC(C)C(=O)N[C@H](C(=O)N1CCC[C@@H]1c1cccc(Cc2ccccc2)c1)C1CCCCC1. The summed E-state index contributed by atoms with van der Waals surface area (Å²) in [6, 6.07) is 18.5. The first-order valence-electron chi connectivity index (χ1n) is 13.0. The van der Waals surface area contributed by atoms with E-state index in [0.717, 1.165) is 51.5 Å². The van der Waals surface area contributed by atoms with Crippen LogP contribution in [0.4, 0.5) is 0 Å². The number of benzene rings is 2. The molecular formula is C29H39N3O2. The summed E-state index contributed by atoms with van der Waals surface area (Å²) in [6.45, 7) is 2.60. The van der Waals surface area contributed by atoms with E-state index in [0.29, 0.717) is 0 Å². The Hall–Kier alpha value is -2.66. The molecule has 5 nitrogen and oxygen atoms in total. The molecule has 1 unspecified atom stereocenters. The van der Waals surface area contributed by atoms with Crippen LogP contribution < -0.4 is 10.6 Å². The van der Waals surface area contributed by atoms with E-state index < -0.39 is 6.04 Å². The normalized spacial score (nSPS) is 20.6. The Morgan fingerprint density at radius 1 is 0.941 bits per heavy atom. The number of nitrogens with one attached hydrogen (secondary N) is 2. The van der Waals surface area contributed by atoms with Gasteiger partial charge in [-0.15, -0.1) is 0 Å². The summed E-state index contributed by atoms with van der Waals surface area (Å²) >= 11 is 0. The Kier molecular flexibility index (Phi) is 8.39. The Morgan fingerprint density at radius 3 is 2.41 bits per heavy atom. The lowest BCUT2D eigenvalue weighted by molar-refractivity contribution is -0.139. The van der Waals surface area contributed by atoms with Gasteiger partial charge < -0.3 is 15.5 Å². The van der Waals surface area contributed by atoms with E-state index in [2.05, 4.69) is 59.2 Å². The molecule has 2 aromatic rings. The van der Waals surface area contributed by atoms with Gasteiger partial charge in [0.25, 0.3) is 0 Å². The maximum Gasteiger partial charge on any atom is 0.245 e. The predicted molar refractivity (Wildman–Crippen MR) is 136 cm³/mol. The number of likely N-dealkylation sites (N-methyl/N-ethyl adjacent to an activating group) is 1. The molecule has 34 heavy (non-hydrogen) atoms. The number of rotatable bonds is 8. The van der Waals surface area contributed by atoms with Gasteiger partial charge in [0.15, 0.2) is 0 Å². The Balaban J connectivity index is 1.53. The van der Waals surface area contributed by atoms with Crippen molar-refractivity contribution < 1.29 is 9.59 Å². The molecule has 0 radical (unpaired) electrons. The molecule has 1 saturated heterocycles. The van der Waals surface area contributed by atoms with Crippen LogP contribution in [0.3, 0.4) is 0 Å². The molecule has 2 aliphatic rings. The molecule has 2 N–H and O–H groups in total. The molecule has 0 aromatic heterocycles. The van der Waals surface area contributed by atoms with E-state index in [1.54, 1.807) is 7.05 Å². The van der Waals surface area contributed by atoms with Crippen molar-refractivity contribution in [3.05, 3.63) is 71.3 Å². The predicted octanol–water partition coefficient (Wildman–Crippen LogP) is 4.61. The Morgan fingerprint density at radius 2 is 1.68 bits per heavy atom. The summed E-state index contributed by atoms with van der Waals surface area (Å²) in [5.74, 6) is 0.228. The van der Waals surface area contributed by atoms with Crippen LogP contribution in [0.2, 0.25) is 0 Å². The van der Waals surface area contributed by atoms with Crippen LogP contribution in [-0.4, -0.2) is 42.4 Å². The second kappa shape index (κ2) is 11.7. The van der Waals surface area contributed by atoms with Crippen molar-refractivity contribution in [2.24, 2.45) is 5.92 Å². The average molecular weight is 462 g/mol. The number of hydrogen-bond donors (Lipinski definition) is 2. The highest BCUT2D eigenvalue weighted by Gasteiger charge is 2.39. The third kappa shape index (κ3) is 5.87. The number of carbonyl (C=O) groups is 2. The van der Waals surface area contributed by atoms with Crippen molar-refractivity contribution in [3.8, 4) is 0 Å². The van der Waals surface area contributed by atoms with Crippen molar-refractivity contribution >= 4 is 11.8 Å². The van der Waals surface area contributed by atoms with E-state index >= 15 is 0 Å². The number of carbonyl (C=O) groups excluding carboxylic acids is 2. The van der Waals surface area contributed by atoms with Gasteiger partial charge in [-0.3, -0.25) is 9.59 Å². The molecule has 4 rings (SSSR count). The summed E-state index contributed by atoms with van der Waals surface area (Å²) in [4.78, 5) is 28.8. The molecule has 2 amide bonds. The topological polar surface area (TPSA) is 61.4 Å². The van der Waals surface area contributed by atoms with Gasteiger partial charge in [0, 0.05) is 6.54 Å². The van der Waals surface area contributed by atoms with Crippen molar-refractivity contribution in [3.63, 3.8) is 0 Å². The van der Waals surface area contributed by atoms with Gasteiger partial charge in [-0.25, -0.2) is 0 Å². The molecule has 0 bridgehead atoms. The average Bonchev–Trinajstić information content (AvgIpc) is 3.38. The van der Waals surface area contributed by atoms with Gasteiger partial charge in [0.05, 0.1) is 12.1 Å². The van der Waals surface area contributed by atoms with Crippen molar-refractivity contribution in [2.45, 2.75) is 76.4 Å². The Bertz CT molecular complexity index is 955. The van der Waals surface area contributed by atoms with Crippen LogP contribution in [0.15, 0.2) is 54.6 Å². The monoisotopic (exact) mass is 461 g/mol. The number of nitrogens with zero attached hydrogens (tertiary/aromatic N) is 1. The van der Waals surface area contributed by atoms with Crippen LogP contribution in [0, 0.1) is 5.92 Å². The smallest absolute Gasteiger partial charge is 0.245 e. The van der Waals surface area contributed by atoms with Crippen LogP contribution >= 0.6 is 0 Å². The van der Waals surface area contributed by atoms with Gasteiger partial charge in [-0.1, -0.05) is 73.9 Å². The molecule has 2 aromatic carbocycles. The lowest BCUT2D eigenvalue weighted by Gasteiger charge is -2.35. The summed E-state index contributed by atoms with van der Waals surface area (Å²) < 4.78 is 0. The summed E-state index contributed by atoms with van der Waals surface area (Å²) in [5, 5.41) is 6.14. The minimum Gasteiger partial charge on any atom is -0.343 e. The largest absolute Gasteiger partial charge is 0.343 e. The highest BCUT2D eigenvalue weighted by atomic mass is 16.2. The highest BCUT2D eigenvalue weighted by molar-refractivity contribution is 5.90. The fraction of sp³-hybridized carbons (Fsp3) is 0.517. The molecule has 1 saturated carbocycles. The standard InChI is InChI=1S/C29H39N3O2/c1-21(30-2)28(33)31-27(24-14-7-4-8-15-24)29(34)32-18-10-17-26(32)25-16-9-13-23(20-25)19-22-11-5-3-6-12-22/h3,5-6,9,11-13,16,20-21,24,26-27,30H,4,7-8,10,14-15,17-19H2,1-2H3,(H,31,33)/t21?,26-,27+/m1/s1. The van der Waals surface area contributed by atoms with E-state index in [1.807, 2.05) is 17.9 Å². The first-order valence-corrected chi connectivity index (χ1v) is 13.0. The van der Waals surface area contributed by atoms with Crippen LogP contribution in [0.1, 0.15) is 74.6 Å². The van der Waals surface area contributed by atoms with E-state index in [9.17, 15) is 9.59 Å². The lowest BCUT2D eigenvalue weighted by atomic mass is 9.83. The van der Waals surface area contributed by atoms with E-state index in [-0.39, 0.29) is 29.8 Å². The maximum atomic E-state index is 13.9. The summed E-state index contributed by atoms with van der Waals surface area (Å²) in [7, 11) is 1.78. The summed E-state index contributed by atoms with van der Waals surface area (Å²) in [6.07, 6.45) is 8.37. The quantitative estimate of drug-likeness (QED) is 0.603.